The molecular formula is C17H19N3. The fourth-order valence-electron chi connectivity index (χ4n) is 2.37. The summed E-state index contributed by atoms with van der Waals surface area (Å²) in [7, 11) is 0. The highest BCUT2D eigenvalue weighted by Gasteiger charge is 2.15. The smallest absolute Gasteiger partial charge is 0.200 e. The lowest BCUT2D eigenvalue weighted by Crippen LogP contribution is -2.21. The molecule has 0 saturated heterocycles. The number of nitrogens with one attached hydrogen (secondary N) is 2. The monoisotopic (exact) mass is 265 g/mol. The number of anilines is 2. The van der Waals surface area contributed by atoms with E-state index in [0.29, 0.717) is 0 Å². The fourth-order valence-corrected chi connectivity index (χ4v) is 2.37. The lowest BCUT2D eigenvalue weighted by molar-refractivity contribution is 0.808. The lowest BCUT2D eigenvalue weighted by Gasteiger charge is -2.09. The number of hydrogen-bond acceptors (Lipinski definition) is 1. The molecule has 2 aromatic rings. The third-order valence-electron chi connectivity index (χ3n) is 3.43. The molecule has 2 aromatic carbocycles. The van der Waals surface area contributed by atoms with Crippen LogP contribution in [0.4, 0.5) is 11.4 Å². The molecule has 20 heavy (non-hydrogen) atoms. The molecule has 0 saturated carbocycles. The molecule has 0 atom stereocenters. The highest BCUT2D eigenvalue weighted by Crippen LogP contribution is 2.35. The fraction of sp³-hybridized carbons (Fsp3) is 0.235. The second-order valence-corrected chi connectivity index (χ2v) is 4.93. The topological polar surface area (TPSA) is 36.4 Å². The molecule has 0 bridgehead atoms. The van der Waals surface area contributed by atoms with E-state index in [-0.39, 0.29) is 0 Å². The van der Waals surface area contributed by atoms with Gasteiger partial charge in [0.25, 0.3) is 0 Å². The first-order valence-electron chi connectivity index (χ1n) is 7.15. The van der Waals surface area contributed by atoms with Crippen LogP contribution in [0.25, 0.3) is 11.1 Å². The van der Waals surface area contributed by atoms with Crippen LogP contribution >= 0.6 is 0 Å². The molecular weight excluding hydrogens is 246 g/mol. The van der Waals surface area contributed by atoms with E-state index in [1.807, 2.05) is 12.1 Å². The standard InChI is InChI=1S/C17H19N3/c1-2-3-12-18-17-19-15-10-6-4-8-13(15)14-9-5-7-11-16(14)20-17/h4-11H,2-3,12H2,1H3,(H2,18,19,20). The quantitative estimate of drug-likeness (QED) is 0.810. The number of nitrogens with zero attached hydrogens (tertiary/aromatic N) is 1. The van der Waals surface area contributed by atoms with Crippen LogP contribution in [0.15, 0.2) is 53.5 Å². The molecule has 0 aromatic heterocycles. The molecule has 0 unspecified atom stereocenters. The minimum atomic E-state index is 0.829. The van der Waals surface area contributed by atoms with E-state index in [9.17, 15) is 0 Å². The van der Waals surface area contributed by atoms with Gasteiger partial charge >= 0.3 is 0 Å². The summed E-state index contributed by atoms with van der Waals surface area (Å²) in [6, 6.07) is 16.7. The lowest BCUT2D eigenvalue weighted by atomic mass is 10.0. The van der Waals surface area contributed by atoms with E-state index in [0.717, 1.165) is 36.7 Å². The molecule has 2 N–H and O–H groups in total. The van der Waals surface area contributed by atoms with E-state index in [4.69, 9.17) is 0 Å². The number of guanidine groups is 1. The zero-order chi connectivity index (χ0) is 13.8. The van der Waals surface area contributed by atoms with Gasteiger partial charge < -0.3 is 10.6 Å². The SMILES string of the molecule is CCCCN=C1Nc2ccccc2-c2ccccc2N1. The summed E-state index contributed by atoms with van der Waals surface area (Å²) < 4.78 is 0. The molecule has 0 aliphatic carbocycles. The van der Waals surface area contributed by atoms with Gasteiger partial charge in [-0.1, -0.05) is 49.7 Å². The Bertz CT molecular complexity index is 582. The van der Waals surface area contributed by atoms with Crippen molar-refractivity contribution < 1.29 is 0 Å². The Kier molecular flexibility index (Phi) is 3.68. The Hall–Kier alpha value is -2.29. The minimum Gasteiger partial charge on any atom is -0.325 e. The molecule has 3 nitrogen and oxygen atoms in total. The summed E-state index contributed by atoms with van der Waals surface area (Å²) >= 11 is 0. The van der Waals surface area contributed by atoms with Crippen LogP contribution in [-0.2, 0) is 0 Å². The second kappa shape index (κ2) is 5.78. The van der Waals surface area contributed by atoms with Crippen LogP contribution in [0.3, 0.4) is 0 Å². The molecule has 0 radical (unpaired) electrons. The largest absolute Gasteiger partial charge is 0.325 e. The van der Waals surface area contributed by atoms with Crippen LogP contribution in [0.2, 0.25) is 0 Å². The van der Waals surface area contributed by atoms with Gasteiger partial charge in [-0.2, -0.15) is 0 Å². The van der Waals surface area contributed by atoms with Gasteiger partial charge in [0.15, 0.2) is 5.96 Å². The molecule has 0 spiro atoms. The summed E-state index contributed by atoms with van der Waals surface area (Å²) in [5.74, 6) is 0.829. The van der Waals surface area contributed by atoms with E-state index >= 15 is 0 Å². The van der Waals surface area contributed by atoms with Crippen molar-refractivity contribution in [2.24, 2.45) is 4.99 Å². The van der Waals surface area contributed by atoms with Gasteiger partial charge in [0.05, 0.1) is 0 Å². The molecule has 3 heteroatoms. The van der Waals surface area contributed by atoms with Crippen molar-refractivity contribution in [1.29, 1.82) is 0 Å². The average Bonchev–Trinajstić information content (AvgIpc) is 2.64. The van der Waals surface area contributed by atoms with Gasteiger partial charge in [0.1, 0.15) is 0 Å². The molecule has 0 fully saturated rings. The summed E-state index contributed by atoms with van der Waals surface area (Å²) in [5.41, 5.74) is 4.60. The van der Waals surface area contributed by atoms with E-state index in [2.05, 4.69) is 58.9 Å². The van der Waals surface area contributed by atoms with Gasteiger partial charge in [0.2, 0.25) is 0 Å². The summed E-state index contributed by atoms with van der Waals surface area (Å²) in [4.78, 5) is 4.63. The van der Waals surface area contributed by atoms with E-state index in [1.165, 1.54) is 11.1 Å². The maximum absolute atomic E-state index is 4.63. The van der Waals surface area contributed by atoms with Gasteiger partial charge in [-0.15, -0.1) is 0 Å². The number of benzene rings is 2. The number of unbranched alkanes of at least 4 members (excludes halogenated alkanes) is 1. The highest BCUT2D eigenvalue weighted by molar-refractivity contribution is 6.11. The van der Waals surface area contributed by atoms with Gasteiger partial charge in [-0.25, -0.2) is 0 Å². The van der Waals surface area contributed by atoms with Crippen LogP contribution in [0.1, 0.15) is 19.8 Å². The predicted molar refractivity (Wildman–Crippen MR) is 86.3 cm³/mol. The van der Waals surface area contributed by atoms with Crippen LogP contribution in [0, 0.1) is 0 Å². The van der Waals surface area contributed by atoms with Crippen molar-refractivity contribution in [3.8, 4) is 11.1 Å². The van der Waals surface area contributed by atoms with Crippen molar-refractivity contribution in [1.82, 2.24) is 0 Å². The van der Waals surface area contributed by atoms with Gasteiger partial charge in [-0.3, -0.25) is 4.99 Å². The Labute approximate surface area is 119 Å². The Morgan fingerprint density at radius 3 is 1.95 bits per heavy atom. The highest BCUT2D eigenvalue weighted by atomic mass is 15.2. The maximum atomic E-state index is 4.63. The Morgan fingerprint density at radius 2 is 1.40 bits per heavy atom. The minimum absolute atomic E-state index is 0.829. The van der Waals surface area contributed by atoms with Crippen molar-refractivity contribution in [2.75, 3.05) is 17.2 Å². The van der Waals surface area contributed by atoms with Crippen molar-refractivity contribution in [3.63, 3.8) is 0 Å². The molecule has 1 heterocycles. The molecule has 102 valence electrons. The Balaban J connectivity index is 2.03. The molecule has 1 aliphatic heterocycles. The Morgan fingerprint density at radius 1 is 0.850 bits per heavy atom. The van der Waals surface area contributed by atoms with Crippen LogP contribution < -0.4 is 10.6 Å². The summed E-state index contributed by atoms with van der Waals surface area (Å²) in [6.07, 6.45) is 2.26. The first kappa shape index (κ1) is 12.7. The van der Waals surface area contributed by atoms with Crippen LogP contribution in [0.5, 0.6) is 0 Å². The first-order valence-corrected chi connectivity index (χ1v) is 7.15. The van der Waals surface area contributed by atoms with Gasteiger partial charge in [-0.05, 0) is 18.6 Å². The van der Waals surface area contributed by atoms with Crippen molar-refractivity contribution in [2.45, 2.75) is 19.8 Å². The van der Waals surface area contributed by atoms with Crippen molar-refractivity contribution in [3.05, 3.63) is 48.5 Å². The molecule has 0 amide bonds. The summed E-state index contributed by atoms with van der Waals surface area (Å²) in [6.45, 7) is 3.02. The number of para-hydroxylation sites is 2. The third-order valence-corrected chi connectivity index (χ3v) is 3.43. The van der Waals surface area contributed by atoms with Gasteiger partial charge in [0, 0.05) is 29.0 Å². The first-order chi connectivity index (χ1) is 9.88. The number of aliphatic imine (C=N–C) groups is 1. The number of rotatable bonds is 3. The zero-order valence-corrected chi connectivity index (χ0v) is 11.7. The predicted octanol–water partition coefficient (Wildman–Crippen LogP) is 4.35. The van der Waals surface area contributed by atoms with Crippen molar-refractivity contribution >= 4 is 17.3 Å². The number of fused-ring (bicyclic) bond motifs is 3. The normalized spacial score (nSPS) is 12.6. The van der Waals surface area contributed by atoms with E-state index < -0.39 is 0 Å². The molecule has 3 rings (SSSR count). The number of hydrogen-bond donors (Lipinski definition) is 2. The van der Waals surface area contributed by atoms with Crippen LogP contribution in [-0.4, -0.2) is 12.5 Å². The second-order valence-electron chi connectivity index (χ2n) is 4.93. The average molecular weight is 265 g/mol. The zero-order valence-electron chi connectivity index (χ0n) is 11.7. The van der Waals surface area contributed by atoms with E-state index in [1.54, 1.807) is 0 Å². The molecule has 1 aliphatic rings. The summed E-state index contributed by atoms with van der Waals surface area (Å²) in [5, 5.41) is 6.81. The third kappa shape index (κ3) is 2.52. The maximum Gasteiger partial charge on any atom is 0.200 e.